The van der Waals surface area contributed by atoms with Crippen LogP contribution in [-0.4, -0.2) is 36.3 Å². The van der Waals surface area contributed by atoms with Crippen LogP contribution in [-0.2, 0) is 7.05 Å². The van der Waals surface area contributed by atoms with Gasteiger partial charge in [0.15, 0.2) is 0 Å². The maximum Gasteiger partial charge on any atom is 0.251 e. The van der Waals surface area contributed by atoms with Gasteiger partial charge in [0.25, 0.3) is 5.91 Å². The van der Waals surface area contributed by atoms with Gasteiger partial charge in [0.2, 0.25) is 0 Å². The molecule has 1 saturated carbocycles. The number of nitrogens with zero attached hydrogens (tertiary/aromatic N) is 5. The van der Waals surface area contributed by atoms with E-state index in [1.165, 1.54) is 19.3 Å². The van der Waals surface area contributed by atoms with Crippen molar-refractivity contribution >= 4 is 5.91 Å². The fourth-order valence-electron chi connectivity index (χ4n) is 3.37. The molecule has 3 aromatic heterocycles. The van der Waals surface area contributed by atoms with Crippen molar-refractivity contribution in [3.05, 3.63) is 48.7 Å². The summed E-state index contributed by atoms with van der Waals surface area (Å²) in [6.45, 7) is 0. The molecule has 1 amide bonds. The first-order chi connectivity index (χ1) is 12.7. The lowest BCUT2D eigenvalue weighted by Crippen LogP contribution is -2.36. The van der Waals surface area contributed by atoms with Gasteiger partial charge in [-0.3, -0.25) is 14.0 Å². The summed E-state index contributed by atoms with van der Waals surface area (Å²) in [5.41, 5.74) is 2.00. The SMILES string of the molecule is Cn1ccc(-c2cc(C(=O)NC3CCCCC3)cc(-n3ccnc3)n2)n1. The van der Waals surface area contributed by atoms with E-state index in [0.717, 1.165) is 18.5 Å². The Hall–Kier alpha value is -2.96. The molecule has 0 aliphatic heterocycles. The first-order valence-corrected chi connectivity index (χ1v) is 9.00. The zero-order valence-corrected chi connectivity index (χ0v) is 14.8. The van der Waals surface area contributed by atoms with Crippen molar-refractivity contribution in [3.8, 4) is 17.2 Å². The minimum atomic E-state index is -0.0575. The van der Waals surface area contributed by atoms with Crippen LogP contribution < -0.4 is 5.32 Å². The molecule has 1 aliphatic carbocycles. The summed E-state index contributed by atoms with van der Waals surface area (Å²) in [5, 5.41) is 7.59. The molecule has 0 saturated heterocycles. The smallest absolute Gasteiger partial charge is 0.251 e. The zero-order chi connectivity index (χ0) is 17.9. The van der Waals surface area contributed by atoms with Gasteiger partial charge in [-0.15, -0.1) is 0 Å². The monoisotopic (exact) mass is 350 g/mol. The van der Waals surface area contributed by atoms with Crippen LogP contribution in [0, 0.1) is 0 Å². The third kappa shape index (κ3) is 3.51. The number of hydrogen-bond donors (Lipinski definition) is 1. The predicted molar refractivity (Wildman–Crippen MR) is 97.9 cm³/mol. The van der Waals surface area contributed by atoms with Crippen LogP contribution in [0.3, 0.4) is 0 Å². The van der Waals surface area contributed by atoms with E-state index in [1.807, 2.05) is 25.5 Å². The molecule has 0 bridgehead atoms. The maximum atomic E-state index is 12.8. The predicted octanol–water partition coefficient (Wildman–Crippen LogP) is 2.73. The molecule has 0 unspecified atom stereocenters. The van der Waals surface area contributed by atoms with Gasteiger partial charge >= 0.3 is 0 Å². The Morgan fingerprint density at radius 2 is 2.00 bits per heavy atom. The fraction of sp³-hybridized carbons (Fsp3) is 0.368. The van der Waals surface area contributed by atoms with Gasteiger partial charge in [0.1, 0.15) is 17.8 Å². The summed E-state index contributed by atoms with van der Waals surface area (Å²) in [7, 11) is 1.86. The molecule has 1 aliphatic rings. The Morgan fingerprint density at radius 3 is 2.69 bits per heavy atom. The molecule has 1 fully saturated rings. The molecule has 7 nitrogen and oxygen atoms in total. The van der Waals surface area contributed by atoms with E-state index < -0.39 is 0 Å². The van der Waals surface area contributed by atoms with Crippen molar-refractivity contribution in [1.29, 1.82) is 0 Å². The summed E-state index contributed by atoms with van der Waals surface area (Å²) < 4.78 is 3.52. The van der Waals surface area contributed by atoms with Crippen LogP contribution in [0.25, 0.3) is 17.2 Å². The Labute approximate surface area is 152 Å². The number of imidazole rings is 1. The van der Waals surface area contributed by atoms with Crippen molar-refractivity contribution in [2.24, 2.45) is 7.05 Å². The second-order valence-corrected chi connectivity index (χ2v) is 6.75. The average molecular weight is 350 g/mol. The van der Waals surface area contributed by atoms with Gasteiger partial charge in [-0.2, -0.15) is 5.10 Å². The number of nitrogens with one attached hydrogen (secondary N) is 1. The largest absolute Gasteiger partial charge is 0.349 e. The van der Waals surface area contributed by atoms with Gasteiger partial charge in [0.05, 0.1) is 5.69 Å². The topological polar surface area (TPSA) is 77.6 Å². The number of amides is 1. The Bertz CT molecular complexity index is 893. The first kappa shape index (κ1) is 16.5. The van der Waals surface area contributed by atoms with Gasteiger partial charge in [0, 0.05) is 37.2 Å². The summed E-state index contributed by atoms with van der Waals surface area (Å²) in [5.74, 6) is 0.595. The summed E-state index contributed by atoms with van der Waals surface area (Å²) >= 11 is 0. The molecule has 3 aromatic rings. The molecule has 4 rings (SSSR count). The highest BCUT2D eigenvalue weighted by atomic mass is 16.1. The van der Waals surface area contributed by atoms with Gasteiger partial charge < -0.3 is 5.32 Å². The lowest BCUT2D eigenvalue weighted by Gasteiger charge is -2.23. The molecule has 0 aromatic carbocycles. The second kappa shape index (κ2) is 7.11. The number of aromatic nitrogens is 5. The van der Waals surface area contributed by atoms with E-state index in [1.54, 1.807) is 33.9 Å². The number of aryl methyl sites for hydroxylation is 1. The molecule has 3 heterocycles. The number of hydrogen-bond acceptors (Lipinski definition) is 4. The van der Waals surface area contributed by atoms with Crippen molar-refractivity contribution in [3.63, 3.8) is 0 Å². The van der Waals surface area contributed by atoms with Crippen LogP contribution in [0.15, 0.2) is 43.1 Å². The lowest BCUT2D eigenvalue weighted by atomic mass is 9.95. The molecular weight excluding hydrogens is 328 g/mol. The van der Waals surface area contributed by atoms with Gasteiger partial charge in [-0.05, 0) is 31.0 Å². The maximum absolute atomic E-state index is 12.8. The third-order valence-corrected chi connectivity index (χ3v) is 4.76. The minimum absolute atomic E-state index is 0.0575. The van der Waals surface area contributed by atoms with E-state index >= 15 is 0 Å². The van der Waals surface area contributed by atoms with E-state index in [-0.39, 0.29) is 11.9 Å². The van der Waals surface area contributed by atoms with Crippen molar-refractivity contribution < 1.29 is 4.79 Å². The molecular formula is C19H22N6O. The van der Waals surface area contributed by atoms with E-state index in [4.69, 9.17) is 0 Å². The molecule has 0 atom stereocenters. The van der Waals surface area contributed by atoms with Gasteiger partial charge in [-0.1, -0.05) is 19.3 Å². The number of rotatable bonds is 4. The van der Waals surface area contributed by atoms with Crippen LogP contribution in [0.1, 0.15) is 42.5 Å². The number of carbonyl (C=O) groups excluding carboxylic acids is 1. The molecule has 0 spiro atoms. The zero-order valence-electron chi connectivity index (χ0n) is 14.8. The van der Waals surface area contributed by atoms with E-state index in [2.05, 4.69) is 20.4 Å². The van der Waals surface area contributed by atoms with Crippen LogP contribution in [0.4, 0.5) is 0 Å². The summed E-state index contributed by atoms with van der Waals surface area (Å²) in [4.78, 5) is 21.6. The highest BCUT2D eigenvalue weighted by Gasteiger charge is 2.19. The van der Waals surface area contributed by atoms with Crippen LogP contribution in [0.2, 0.25) is 0 Å². The normalized spacial score (nSPS) is 15.1. The van der Waals surface area contributed by atoms with E-state index in [9.17, 15) is 4.79 Å². The van der Waals surface area contributed by atoms with Crippen LogP contribution in [0.5, 0.6) is 0 Å². The lowest BCUT2D eigenvalue weighted by molar-refractivity contribution is 0.0927. The quantitative estimate of drug-likeness (QED) is 0.785. The fourth-order valence-corrected chi connectivity index (χ4v) is 3.37. The first-order valence-electron chi connectivity index (χ1n) is 9.00. The number of carbonyl (C=O) groups is 1. The van der Waals surface area contributed by atoms with Crippen molar-refractivity contribution in [2.45, 2.75) is 38.1 Å². The molecule has 1 N–H and O–H groups in total. The Balaban J connectivity index is 1.68. The Kier molecular flexibility index (Phi) is 4.51. The third-order valence-electron chi connectivity index (χ3n) is 4.76. The summed E-state index contributed by atoms with van der Waals surface area (Å²) in [6.07, 6.45) is 12.8. The standard InChI is InChI=1S/C19H22N6O/c1-24-9-7-16(23-24)17-11-14(12-18(22-17)25-10-8-20-13-25)19(26)21-15-5-3-2-4-6-15/h7-13,15H,2-6H2,1H3,(H,21,26). The average Bonchev–Trinajstić information content (AvgIpc) is 3.34. The molecule has 0 radical (unpaired) electrons. The number of pyridine rings is 1. The Morgan fingerprint density at radius 1 is 1.15 bits per heavy atom. The van der Waals surface area contributed by atoms with Crippen molar-refractivity contribution in [2.75, 3.05) is 0 Å². The second-order valence-electron chi connectivity index (χ2n) is 6.75. The highest BCUT2D eigenvalue weighted by Crippen LogP contribution is 2.21. The van der Waals surface area contributed by atoms with Crippen LogP contribution >= 0.6 is 0 Å². The summed E-state index contributed by atoms with van der Waals surface area (Å²) in [6, 6.07) is 5.76. The highest BCUT2D eigenvalue weighted by molar-refractivity contribution is 5.95. The molecule has 26 heavy (non-hydrogen) atoms. The van der Waals surface area contributed by atoms with Crippen molar-refractivity contribution in [1.82, 2.24) is 29.6 Å². The minimum Gasteiger partial charge on any atom is -0.349 e. The van der Waals surface area contributed by atoms with Gasteiger partial charge in [-0.25, -0.2) is 9.97 Å². The molecule has 134 valence electrons. The molecule has 7 heteroatoms. The van der Waals surface area contributed by atoms with E-state index in [0.29, 0.717) is 17.1 Å².